The second-order valence-electron chi connectivity index (χ2n) is 6.75. The highest BCUT2D eigenvalue weighted by Gasteiger charge is 2.18. The normalized spacial score (nSPS) is 19.9. The van der Waals surface area contributed by atoms with Gasteiger partial charge in [-0.25, -0.2) is 13.1 Å². The number of nitrogens with one attached hydrogen (secondary N) is 2. The molecule has 21 heavy (non-hydrogen) atoms. The largest absolute Gasteiger partial charge is 0.314 e. The molecule has 1 fully saturated rings. The molecule has 118 valence electrons. The zero-order valence-electron chi connectivity index (χ0n) is 13.1. The summed E-state index contributed by atoms with van der Waals surface area (Å²) in [4.78, 5) is 0.342. The first-order chi connectivity index (χ1) is 9.79. The number of sulfonamides is 1. The molecule has 0 aromatic heterocycles. The average molecular weight is 310 g/mol. The van der Waals surface area contributed by atoms with Crippen LogP contribution in [0.25, 0.3) is 0 Å². The number of hydrogen-bond acceptors (Lipinski definition) is 3. The summed E-state index contributed by atoms with van der Waals surface area (Å²) in [5.41, 5.74) is 1.17. The Morgan fingerprint density at radius 1 is 1.24 bits per heavy atom. The van der Waals surface area contributed by atoms with E-state index in [1.165, 1.54) is 6.42 Å². The van der Waals surface area contributed by atoms with Gasteiger partial charge in [0.05, 0.1) is 4.90 Å². The van der Waals surface area contributed by atoms with Gasteiger partial charge >= 0.3 is 0 Å². The zero-order chi connectivity index (χ0) is 15.5. The summed E-state index contributed by atoms with van der Waals surface area (Å²) in [5, 5.41) is 3.37. The number of rotatable bonds is 5. The maximum atomic E-state index is 12.2. The topological polar surface area (TPSA) is 58.2 Å². The van der Waals surface area contributed by atoms with Crippen LogP contribution >= 0.6 is 0 Å². The minimum Gasteiger partial charge on any atom is -0.314 e. The van der Waals surface area contributed by atoms with Crippen LogP contribution in [0.3, 0.4) is 0 Å². The molecule has 0 spiro atoms. The summed E-state index contributed by atoms with van der Waals surface area (Å²) in [5.74, 6) is 0. The summed E-state index contributed by atoms with van der Waals surface area (Å²) in [6.07, 6.45) is 3.17. The molecule has 0 aliphatic carbocycles. The van der Waals surface area contributed by atoms with Crippen molar-refractivity contribution in [3.05, 3.63) is 29.8 Å². The standard InChI is InChI=1S/C16H26N2O2S/c1-16(2,3)13-6-8-15(9-7-13)21(19,20)18-12-10-14-5-4-11-17-14/h6-9,14,17-18H,4-5,10-12H2,1-3H3/t14-/m0/s1. The van der Waals surface area contributed by atoms with E-state index in [0.29, 0.717) is 17.5 Å². The van der Waals surface area contributed by atoms with Gasteiger partial charge in [-0.15, -0.1) is 0 Å². The van der Waals surface area contributed by atoms with E-state index in [9.17, 15) is 8.42 Å². The van der Waals surface area contributed by atoms with E-state index in [0.717, 1.165) is 24.9 Å². The molecule has 0 unspecified atom stereocenters. The molecule has 0 bridgehead atoms. The maximum absolute atomic E-state index is 12.2. The Morgan fingerprint density at radius 2 is 1.90 bits per heavy atom. The Hall–Kier alpha value is -0.910. The molecule has 1 aromatic carbocycles. The van der Waals surface area contributed by atoms with Crippen molar-refractivity contribution >= 4 is 10.0 Å². The minimum atomic E-state index is -3.39. The van der Waals surface area contributed by atoms with E-state index >= 15 is 0 Å². The molecular formula is C16H26N2O2S. The second-order valence-corrected chi connectivity index (χ2v) is 8.52. The number of benzene rings is 1. The Kier molecular flexibility index (Phi) is 5.07. The predicted octanol–water partition coefficient (Wildman–Crippen LogP) is 2.40. The second kappa shape index (κ2) is 6.46. The summed E-state index contributed by atoms with van der Waals surface area (Å²) < 4.78 is 27.2. The molecule has 4 nitrogen and oxygen atoms in total. The first-order valence-corrected chi connectivity index (χ1v) is 9.11. The lowest BCUT2D eigenvalue weighted by atomic mass is 9.87. The van der Waals surface area contributed by atoms with Crippen molar-refractivity contribution in [2.24, 2.45) is 0 Å². The lowest BCUT2D eigenvalue weighted by molar-refractivity contribution is 0.539. The van der Waals surface area contributed by atoms with Crippen LogP contribution < -0.4 is 10.0 Å². The van der Waals surface area contributed by atoms with E-state index < -0.39 is 10.0 Å². The van der Waals surface area contributed by atoms with Crippen molar-refractivity contribution in [2.45, 2.75) is 56.4 Å². The first-order valence-electron chi connectivity index (χ1n) is 7.63. The Morgan fingerprint density at radius 3 is 2.43 bits per heavy atom. The maximum Gasteiger partial charge on any atom is 0.240 e. The van der Waals surface area contributed by atoms with E-state index in [1.807, 2.05) is 12.1 Å². The summed E-state index contributed by atoms with van der Waals surface area (Å²) >= 11 is 0. The van der Waals surface area contributed by atoms with E-state index in [4.69, 9.17) is 0 Å². The highest BCUT2D eigenvalue weighted by atomic mass is 32.2. The molecule has 1 heterocycles. The average Bonchev–Trinajstić information content (AvgIpc) is 2.91. The quantitative estimate of drug-likeness (QED) is 0.878. The summed E-state index contributed by atoms with van der Waals surface area (Å²) in [6.45, 7) is 7.88. The van der Waals surface area contributed by atoms with Gasteiger partial charge in [0.1, 0.15) is 0 Å². The van der Waals surface area contributed by atoms with E-state index in [1.54, 1.807) is 12.1 Å². The number of hydrogen-bond donors (Lipinski definition) is 2. The van der Waals surface area contributed by atoms with Crippen LogP contribution in [-0.2, 0) is 15.4 Å². The smallest absolute Gasteiger partial charge is 0.240 e. The van der Waals surface area contributed by atoms with Gasteiger partial charge < -0.3 is 5.32 Å². The van der Waals surface area contributed by atoms with Gasteiger partial charge in [0.2, 0.25) is 10.0 Å². The Balaban J connectivity index is 1.95. The van der Waals surface area contributed by atoms with E-state index in [-0.39, 0.29) is 5.41 Å². The molecule has 1 aromatic rings. The molecular weight excluding hydrogens is 284 g/mol. The van der Waals surface area contributed by atoms with Gasteiger partial charge in [-0.05, 0) is 48.9 Å². The lowest BCUT2D eigenvalue weighted by Crippen LogP contribution is -2.30. The van der Waals surface area contributed by atoms with Gasteiger partial charge in [0.25, 0.3) is 0 Å². The van der Waals surface area contributed by atoms with Crippen molar-refractivity contribution < 1.29 is 8.42 Å². The van der Waals surface area contributed by atoms with Crippen LogP contribution in [0.4, 0.5) is 0 Å². The van der Waals surface area contributed by atoms with Gasteiger partial charge in [-0.3, -0.25) is 0 Å². The monoisotopic (exact) mass is 310 g/mol. The van der Waals surface area contributed by atoms with Crippen LogP contribution in [0.2, 0.25) is 0 Å². The Labute approximate surface area is 128 Å². The van der Waals surface area contributed by atoms with Crippen LogP contribution in [0.1, 0.15) is 45.6 Å². The molecule has 5 heteroatoms. The van der Waals surface area contributed by atoms with Crippen LogP contribution in [0, 0.1) is 0 Å². The Bertz CT molecular complexity index is 553. The summed E-state index contributed by atoms with van der Waals surface area (Å²) in [7, 11) is -3.39. The van der Waals surface area contributed by atoms with Gasteiger partial charge in [0, 0.05) is 12.6 Å². The van der Waals surface area contributed by atoms with Crippen molar-refractivity contribution in [3.63, 3.8) is 0 Å². The van der Waals surface area contributed by atoms with E-state index in [2.05, 4.69) is 30.8 Å². The molecule has 0 amide bonds. The molecule has 0 saturated carbocycles. The van der Waals surface area contributed by atoms with Crippen LogP contribution in [0.15, 0.2) is 29.2 Å². The molecule has 1 saturated heterocycles. The highest BCUT2D eigenvalue weighted by molar-refractivity contribution is 7.89. The highest BCUT2D eigenvalue weighted by Crippen LogP contribution is 2.23. The fourth-order valence-electron chi connectivity index (χ4n) is 2.59. The minimum absolute atomic E-state index is 0.0316. The third-order valence-corrected chi connectivity index (χ3v) is 5.45. The van der Waals surface area contributed by atoms with Gasteiger partial charge in [-0.2, -0.15) is 0 Å². The van der Waals surface area contributed by atoms with Crippen molar-refractivity contribution in [1.29, 1.82) is 0 Å². The van der Waals surface area contributed by atoms with Crippen LogP contribution in [-0.4, -0.2) is 27.5 Å². The van der Waals surface area contributed by atoms with Gasteiger partial charge in [-0.1, -0.05) is 32.9 Å². The van der Waals surface area contributed by atoms with Gasteiger partial charge in [0.15, 0.2) is 0 Å². The predicted molar refractivity (Wildman–Crippen MR) is 86.0 cm³/mol. The third-order valence-electron chi connectivity index (χ3n) is 3.98. The molecule has 1 atom stereocenters. The van der Waals surface area contributed by atoms with Crippen LogP contribution in [0.5, 0.6) is 0 Å². The van der Waals surface area contributed by atoms with Crippen molar-refractivity contribution in [3.8, 4) is 0 Å². The third kappa shape index (κ3) is 4.53. The molecule has 2 N–H and O–H groups in total. The fourth-order valence-corrected chi connectivity index (χ4v) is 3.64. The zero-order valence-corrected chi connectivity index (χ0v) is 14.0. The SMILES string of the molecule is CC(C)(C)c1ccc(S(=O)(=O)NCC[C@@H]2CCCN2)cc1. The summed E-state index contributed by atoms with van der Waals surface area (Å²) in [6, 6.07) is 7.63. The fraction of sp³-hybridized carbons (Fsp3) is 0.625. The molecule has 1 aliphatic heterocycles. The first kappa shape index (κ1) is 16.5. The molecule has 1 aliphatic rings. The van der Waals surface area contributed by atoms with Crippen molar-refractivity contribution in [2.75, 3.05) is 13.1 Å². The van der Waals surface area contributed by atoms with Crippen molar-refractivity contribution in [1.82, 2.24) is 10.0 Å². The molecule has 0 radical (unpaired) electrons. The molecule has 2 rings (SSSR count). The lowest BCUT2D eigenvalue weighted by Gasteiger charge is -2.19.